The molecule has 0 unspecified atom stereocenters. The lowest BCUT2D eigenvalue weighted by Crippen LogP contribution is -2.41. The smallest absolute Gasteiger partial charge is 0.332 e. The van der Waals surface area contributed by atoms with Crippen LogP contribution in [0, 0.1) is 13.8 Å². The number of nitrogens with two attached hydrogens (primary N) is 1. The number of hydrogen-bond donors (Lipinski definition) is 1. The Bertz CT molecular complexity index is 1190. The lowest BCUT2D eigenvalue weighted by Gasteiger charge is -2.12. The first-order valence-corrected chi connectivity index (χ1v) is 9.53. The standard InChI is InChI=1S/C19H21N5O3S/c1-11-5-6-13(12(2)9-11)24-8-7-21-18(24)28-10-14(25)15-16(20)22(3)19(27)23(4)17(15)26/h5-9H,10,20H2,1-4H3. The molecule has 0 aliphatic carbocycles. The van der Waals surface area contributed by atoms with E-state index in [0.29, 0.717) is 5.16 Å². The molecule has 28 heavy (non-hydrogen) atoms. The molecule has 0 aliphatic rings. The molecular weight excluding hydrogens is 378 g/mol. The summed E-state index contributed by atoms with van der Waals surface area (Å²) in [7, 11) is 2.74. The van der Waals surface area contributed by atoms with E-state index in [4.69, 9.17) is 5.73 Å². The van der Waals surface area contributed by atoms with Crippen molar-refractivity contribution in [3.63, 3.8) is 0 Å². The van der Waals surface area contributed by atoms with Gasteiger partial charge >= 0.3 is 5.69 Å². The number of imidazole rings is 1. The predicted molar refractivity (Wildman–Crippen MR) is 109 cm³/mol. The molecule has 0 saturated heterocycles. The largest absolute Gasteiger partial charge is 0.384 e. The van der Waals surface area contributed by atoms with E-state index in [2.05, 4.69) is 11.1 Å². The molecule has 0 atom stereocenters. The molecule has 146 valence electrons. The average molecular weight is 399 g/mol. The zero-order valence-electron chi connectivity index (χ0n) is 16.1. The van der Waals surface area contributed by atoms with Gasteiger partial charge in [0.2, 0.25) is 0 Å². The minimum absolute atomic E-state index is 0.0282. The Morgan fingerprint density at radius 3 is 2.57 bits per heavy atom. The maximum Gasteiger partial charge on any atom is 0.332 e. The van der Waals surface area contributed by atoms with Crippen LogP contribution < -0.4 is 17.0 Å². The number of Topliss-reactive ketones (excluding diaryl/α,β-unsaturated/α-hetero) is 1. The highest BCUT2D eigenvalue weighted by molar-refractivity contribution is 7.99. The highest BCUT2D eigenvalue weighted by atomic mass is 32.2. The highest BCUT2D eigenvalue weighted by Crippen LogP contribution is 2.24. The first kappa shape index (κ1) is 19.7. The van der Waals surface area contributed by atoms with E-state index in [9.17, 15) is 14.4 Å². The monoisotopic (exact) mass is 399 g/mol. The van der Waals surface area contributed by atoms with Crippen LogP contribution in [-0.2, 0) is 14.1 Å². The van der Waals surface area contributed by atoms with Crippen LogP contribution in [0.5, 0.6) is 0 Å². The first-order valence-electron chi connectivity index (χ1n) is 8.54. The van der Waals surface area contributed by atoms with Crippen LogP contribution >= 0.6 is 11.8 Å². The van der Waals surface area contributed by atoms with Gasteiger partial charge in [-0.25, -0.2) is 9.78 Å². The minimum Gasteiger partial charge on any atom is -0.384 e. The number of anilines is 1. The number of thioether (sulfide) groups is 1. The Kier molecular flexibility index (Phi) is 5.28. The third-order valence-electron chi connectivity index (χ3n) is 4.54. The molecule has 0 spiro atoms. The molecule has 2 aromatic heterocycles. The van der Waals surface area contributed by atoms with Gasteiger partial charge in [-0.1, -0.05) is 29.5 Å². The Balaban J connectivity index is 1.89. The first-order chi connectivity index (χ1) is 13.2. The van der Waals surface area contributed by atoms with Crippen molar-refractivity contribution in [1.82, 2.24) is 18.7 Å². The van der Waals surface area contributed by atoms with Crippen LogP contribution in [0.1, 0.15) is 21.5 Å². The van der Waals surface area contributed by atoms with Crippen molar-refractivity contribution in [2.24, 2.45) is 14.1 Å². The molecule has 3 rings (SSSR count). The van der Waals surface area contributed by atoms with Crippen molar-refractivity contribution in [3.8, 4) is 5.69 Å². The topological polar surface area (TPSA) is 105 Å². The van der Waals surface area contributed by atoms with E-state index < -0.39 is 17.0 Å². The van der Waals surface area contributed by atoms with Crippen molar-refractivity contribution >= 4 is 23.4 Å². The third kappa shape index (κ3) is 3.40. The summed E-state index contributed by atoms with van der Waals surface area (Å²) in [5, 5.41) is 0.625. The van der Waals surface area contributed by atoms with Gasteiger partial charge in [-0.15, -0.1) is 0 Å². The molecular formula is C19H21N5O3S. The highest BCUT2D eigenvalue weighted by Gasteiger charge is 2.21. The third-order valence-corrected chi connectivity index (χ3v) is 5.51. The molecule has 1 aromatic carbocycles. The Morgan fingerprint density at radius 1 is 1.18 bits per heavy atom. The Labute approximate surface area is 165 Å². The molecule has 3 aromatic rings. The summed E-state index contributed by atoms with van der Waals surface area (Å²) in [5.41, 5.74) is 7.63. The summed E-state index contributed by atoms with van der Waals surface area (Å²) < 4.78 is 3.87. The quantitative estimate of drug-likeness (QED) is 0.514. The number of benzene rings is 1. The fourth-order valence-electron chi connectivity index (χ4n) is 2.98. The van der Waals surface area contributed by atoms with Gasteiger partial charge in [0.05, 0.1) is 11.4 Å². The number of hydrogen-bond acceptors (Lipinski definition) is 6. The minimum atomic E-state index is -0.691. The second-order valence-corrected chi connectivity index (χ2v) is 7.49. The lowest BCUT2D eigenvalue weighted by molar-refractivity contribution is 0.102. The predicted octanol–water partition coefficient (Wildman–Crippen LogP) is 1.44. The Hall–Kier alpha value is -3.07. The van der Waals surface area contributed by atoms with Crippen molar-refractivity contribution in [2.45, 2.75) is 19.0 Å². The van der Waals surface area contributed by atoms with E-state index in [1.54, 1.807) is 6.20 Å². The van der Waals surface area contributed by atoms with Gasteiger partial charge in [0, 0.05) is 26.5 Å². The number of nitrogens with zero attached hydrogens (tertiary/aromatic N) is 4. The second-order valence-electron chi connectivity index (χ2n) is 6.55. The van der Waals surface area contributed by atoms with Crippen molar-refractivity contribution < 1.29 is 4.79 Å². The number of aryl methyl sites for hydroxylation is 2. The normalized spacial score (nSPS) is 11.0. The maximum atomic E-state index is 12.7. The SMILES string of the molecule is Cc1ccc(-n2ccnc2SCC(=O)c2c(N)n(C)c(=O)n(C)c2=O)c(C)c1. The molecule has 0 amide bonds. The van der Waals surface area contributed by atoms with Gasteiger partial charge in [-0.05, 0) is 25.5 Å². The van der Waals surface area contributed by atoms with Crippen LogP contribution in [0.4, 0.5) is 5.82 Å². The number of carbonyl (C=O) groups is 1. The van der Waals surface area contributed by atoms with E-state index in [-0.39, 0.29) is 17.1 Å². The molecule has 2 heterocycles. The summed E-state index contributed by atoms with van der Waals surface area (Å²) in [6.45, 7) is 4.04. The molecule has 0 bridgehead atoms. The average Bonchev–Trinajstić information content (AvgIpc) is 3.11. The van der Waals surface area contributed by atoms with E-state index in [0.717, 1.165) is 25.9 Å². The number of ketones is 1. The molecule has 0 saturated carbocycles. The molecule has 2 N–H and O–H groups in total. The van der Waals surface area contributed by atoms with E-state index in [1.807, 2.05) is 36.7 Å². The zero-order chi connectivity index (χ0) is 20.6. The van der Waals surface area contributed by atoms with Crippen LogP contribution in [-0.4, -0.2) is 30.2 Å². The van der Waals surface area contributed by atoms with Gasteiger partial charge in [0.25, 0.3) is 5.56 Å². The fourth-order valence-corrected chi connectivity index (χ4v) is 3.82. The fraction of sp³-hybridized carbons (Fsp3) is 0.263. The van der Waals surface area contributed by atoms with Gasteiger partial charge in [0.15, 0.2) is 10.9 Å². The second kappa shape index (κ2) is 7.51. The summed E-state index contributed by atoms with van der Waals surface area (Å²) in [6.07, 6.45) is 3.48. The molecule has 0 aliphatic heterocycles. The van der Waals surface area contributed by atoms with Gasteiger partial charge in [0.1, 0.15) is 11.4 Å². The van der Waals surface area contributed by atoms with Crippen LogP contribution in [0.25, 0.3) is 5.69 Å². The number of rotatable bonds is 5. The zero-order valence-corrected chi connectivity index (χ0v) is 16.9. The summed E-state index contributed by atoms with van der Waals surface area (Å²) in [5.74, 6) is -0.607. The summed E-state index contributed by atoms with van der Waals surface area (Å²) in [6, 6.07) is 6.08. The molecule has 0 fully saturated rings. The van der Waals surface area contributed by atoms with Crippen LogP contribution in [0.15, 0.2) is 45.3 Å². The van der Waals surface area contributed by atoms with E-state index in [1.165, 1.54) is 25.9 Å². The molecule has 0 radical (unpaired) electrons. The van der Waals surface area contributed by atoms with Gasteiger partial charge in [-0.2, -0.15) is 0 Å². The van der Waals surface area contributed by atoms with Crippen molar-refractivity contribution in [3.05, 3.63) is 68.1 Å². The molecule has 9 heteroatoms. The number of aromatic nitrogens is 4. The van der Waals surface area contributed by atoms with Gasteiger partial charge < -0.3 is 5.73 Å². The van der Waals surface area contributed by atoms with Crippen LogP contribution in [0.3, 0.4) is 0 Å². The molecule has 8 nitrogen and oxygen atoms in total. The summed E-state index contributed by atoms with van der Waals surface area (Å²) in [4.78, 5) is 41.3. The van der Waals surface area contributed by atoms with Crippen molar-refractivity contribution in [2.75, 3.05) is 11.5 Å². The Morgan fingerprint density at radius 2 is 1.89 bits per heavy atom. The van der Waals surface area contributed by atoms with Gasteiger partial charge in [-0.3, -0.25) is 23.3 Å². The lowest BCUT2D eigenvalue weighted by atomic mass is 10.1. The number of nitrogen functional groups attached to an aromatic ring is 1. The van der Waals surface area contributed by atoms with Crippen molar-refractivity contribution in [1.29, 1.82) is 0 Å². The maximum absolute atomic E-state index is 12.7. The van der Waals surface area contributed by atoms with E-state index >= 15 is 0 Å². The number of carbonyl (C=O) groups excluding carboxylic acids is 1. The summed E-state index contributed by atoms with van der Waals surface area (Å²) >= 11 is 1.21. The van der Waals surface area contributed by atoms with Crippen LogP contribution in [0.2, 0.25) is 0 Å².